The van der Waals surface area contributed by atoms with Gasteiger partial charge in [0, 0.05) is 18.6 Å². The second-order valence-electron chi connectivity index (χ2n) is 5.56. The zero-order valence-electron chi connectivity index (χ0n) is 15.0. The molecule has 0 aliphatic rings. The van der Waals surface area contributed by atoms with E-state index in [2.05, 4.69) is 4.74 Å². The lowest BCUT2D eigenvalue weighted by atomic mass is 10.1. The lowest BCUT2D eigenvalue weighted by Gasteiger charge is -2.10. The van der Waals surface area contributed by atoms with Crippen LogP contribution in [-0.2, 0) is 16.0 Å². The number of para-hydroxylation sites is 2. The number of hydrogen-bond donors (Lipinski definition) is 0. The van der Waals surface area contributed by atoms with Gasteiger partial charge in [0.05, 0.1) is 17.0 Å². The maximum atomic E-state index is 11.3. The standard InChI is InChI=1S/C18H18N2O8/c1-26-18(21)9-7-13-6-8-17(15(12-13)20(24)25)28-11-10-27-16-5-3-2-4-14(16)19(22)23/h2-6,8,12H,7,9-11H2,1H3. The van der Waals surface area contributed by atoms with Crippen LogP contribution in [0.5, 0.6) is 11.5 Å². The summed E-state index contributed by atoms with van der Waals surface area (Å²) in [5.41, 5.74) is 0.178. The number of nitro benzene ring substituents is 2. The van der Waals surface area contributed by atoms with Crippen molar-refractivity contribution in [1.29, 1.82) is 0 Å². The minimum atomic E-state index is -0.583. The van der Waals surface area contributed by atoms with Gasteiger partial charge < -0.3 is 14.2 Å². The Morgan fingerprint density at radius 1 is 0.929 bits per heavy atom. The second-order valence-corrected chi connectivity index (χ2v) is 5.56. The van der Waals surface area contributed by atoms with Crippen LogP contribution < -0.4 is 9.47 Å². The molecular formula is C18H18N2O8. The molecule has 0 spiro atoms. The van der Waals surface area contributed by atoms with Gasteiger partial charge in [-0.2, -0.15) is 0 Å². The molecule has 10 heteroatoms. The number of ether oxygens (including phenoxy) is 3. The summed E-state index contributed by atoms with van der Waals surface area (Å²) in [5, 5.41) is 22.2. The fourth-order valence-electron chi connectivity index (χ4n) is 2.36. The van der Waals surface area contributed by atoms with Gasteiger partial charge in [0.25, 0.3) is 0 Å². The summed E-state index contributed by atoms with van der Waals surface area (Å²) in [6.07, 6.45) is 0.409. The third-order valence-corrected chi connectivity index (χ3v) is 3.73. The molecule has 0 aromatic heterocycles. The summed E-state index contributed by atoms with van der Waals surface area (Å²) >= 11 is 0. The van der Waals surface area contributed by atoms with E-state index in [1.165, 1.54) is 37.4 Å². The molecule has 0 bridgehead atoms. The quantitative estimate of drug-likeness (QED) is 0.262. The SMILES string of the molecule is COC(=O)CCc1ccc(OCCOc2ccccc2[N+](=O)[O-])c([N+](=O)[O-])c1. The molecular weight excluding hydrogens is 372 g/mol. The molecule has 2 rings (SSSR count). The first kappa shape index (κ1) is 20.6. The predicted molar refractivity (Wildman–Crippen MR) is 97.5 cm³/mol. The van der Waals surface area contributed by atoms with Crippen molar-refractivity contribution in [2.75, 3.05) is 20.3 Å². The molecule has 0 atom stereocenters. The number of carbonyl (C=O) groups is 1. The van der Waals surface area contributed by atoms with Gasteiger partial charge in [-0.05, 0) is 24.1 Å². The molecule has 0 heterocycles. The summed E-state index contributed by atoms with van der Waals surface area (Å²) in [7, 11) is 1.27. The zero-order chi connectivity index (χ0) is 20.5. The van der Waals surface area contributed by atoms with Gasteiger partial charge in [-0.25, -0.2) is 0 Å². The van der Waals surface area contributed by atoms with Crippen LogP contribution in [0.3, 0.4) is 0 Å². The average molecular weight is 390 g/mol. The van der Waals surface area contributed by atoms with E-state index in [1.54, 1.807) is 12.1 Å². The van der Waals surface area contributed by atoms with E-state index in [0.29, 0.717) is 12.0 Å². The van der Waals surface area contributed by atoms with E-state index >= 15 is 0 Å². The summed E-state index contributed by atoms with van der Waals surface area (Å²) < 4.78 is 15.3. The summed E-state index contributed by atoms with van der Waals surface area (Å²) in [6.45, 7) is -0.0828. The Morgan fingerprint density at radius 2 is 1.54 bits per heavy atom. The molecule has 0 aliphatic carbocycles. The molecule has 0 saturated heterocycles. The molecule has 2 aromatic rings. The molecule has 10 nitrogen and oxygen atoms in total. The van der Waals surface area contributed by atoms with Crippen molar-refractivity contribution in [3.05, 3.63) is 68.3 Å². The zero-order valence-corrected chi connectivity index (χ0v) is 15.0. The lowest BCUT2D eigenvalue weighted by Crippen LogP contribution is -2.11. The largest absolute Gasteiger partial charge is 0.483 e. The lowest BCUT2D eigenvalue weighted by molar-refractivity contribution is -0.386. The Balaban J connectivity index is 1.97. The van der Waals surface area contributed by atoms with Crippen LogP contribution in [0.1, 0.15) is 12.0 Å². The van der Waals surface area contributed by atoms with Crippen LogP contribution in [0.4, 0.5) is 11.4 Å². The highest BCUT2D eigenvalue weighted by Crippen LogP contribution is 2.29. The van der Waals surface area contributed by atoms with Crippen LogP contribution in [0.25, 0.3) is 0 Å². The molecule has 0 aliphatic heterocycles. The van der Waals surface area contributed by atoms with E-state index in [-0.39, 0.29) is 42.5 Å². The average Bonchev–Trinajstić information content (AvgIpc) is 2.69. The first-order valence-electron chi connectivity index (χ1n) is 8.25. The second kappa shape index (κ2) is 9.86. The van der Waals surface area contributed by atoms with Crippen molar-refractivity contribution in [3.8, 4) is 11.5 Å². The summed E-state index contributed by atoms with van der Waals surface area (Å²) in [5.74, 6) is -0.281. The molecule has 0 saturated carbocycles. The molecule has 2 aromatic carbocycles. The van der Waals surface area contributed by atoms with Gasteiger partial charge in [0.1, 0.15) is 13.2 Å². The fourth-order valence-corrected chi connectivity index (χ4v) is 2.36. The van der Waals surface area contributed by atoms with Crippen LogP contribution in [0, 0.1) is 20.2 Å². The Kier molecular flexibility index (Phi) is 7.26. The summed E-state index contributed by atoms with van der Waals surface area (Å²) in [6, 6.07) is 10.3. The van der Waals surface area contributed by atoms with Crippen molar-refractivity contribution >= 4 is 17.3 Å². The number of esters is 1. The number of nitro groups is 2. The summed E-state index contributed by atoms with van der Waals surface area (Å²) in [4.78, 5) is 32.2. The number of benzene rings is 2. The third kappa shape index (κ3) is 5.66. The number of hydrogen-bond acceptors (Lipinski definition) is 8. The maximum Gasteiger partial charge on any atom is 0.311 e. The van der Waals surface area contributed by atoms with Crippen molar-refractivity contribution in [2.45, 2.75) is 12.8 Å². The van der Waals surface area contributed by atoms with E-state index in [4.69, 9.17) is 9.47 Å². The molecule has 0 fully saturated rings. The molecule has 28 heavy (non-hydrogen) atoms. The van der Waals surface area contributed by atoms with Crippen LogP contribution in [0.2, 0.25) is 0 Å². The van der Waals surface area contributed by atoms with E-state index < -0.39 is 15.8 Å². The minimum Gasteiger partial charge on any atom is -0.483 e. The van der Waals surface area contributed by atoms with Gasteiger partial charge in [0.2, 0.25) is 0 Å². The van der Waals surface area contributed by atoms with E-state index in [0.717, 1.165) is 0 Å². The van der Waals surface area contributed by atoms with Crippen molar-refractivity contribution in [1.82, 2.24) is 0 Å². The van der Waals surface area contributed by atoms with Gasteiger partial charge in [-0.15, -0.1) is 0 Å². The van der Waals surface area contributed by atoms with Crippen molar-refractivity contribution in [2.24, 2.45) is 0 Å². The molecule has 148 valence electrons. The van der Waals surface area contributed by atoms with Crippen LogP contribution >= 0.6 is 0 Å². The predicted octanol–water partition coefficient (Wildman–Crippen LogP) is 3.07. The highest BCUT2D eigenvalue weighted by atomic mass is 16.6. The van der Waals surface area contributed by atoms with Gasteiger partial charge >= 0.3 is 17.3 Å². The highest BCUT2D eigenvalue weighted by Gasteiger charge is 2.17. The molecule has 0 amide bonds. The number of aryl methyl sites for hydroxylation is 1. The highest BCUT2D eigenvalue weighted by molar-refractivity contribution is 5.69. The van der Waals surface area contributed by atoms with E-state index in [9.17, 15) is 25.0 Å². The first-order chi connectivity index (χ1) is 13.4. The van der Waals surface area contributed by atoms with Crippen LogP contribution in [-0.4, -0.2) is 36.1 Å². The van der Waals surface area contributed by atoms with Crippen molar-refractivity contribution in [3.63, 3.8) is 0 Å². The third-order valence-electron chi connectivity index (χ3n) is 3.73. The van der Waals surface area contributed by atoms with Crippen molar-refractivity contribution < 1.29 is 28.9 Å². The molecule has 0 radical (unpaired) electrons. The smallest absolute Gasteiger partial charge is 0.311 e. The Morgan fingerprint density at radius 3 is 2.14 bits per heavy atom. The number of methoxy groups -OCH3 is 1. The Hall–Kier alpha value is -3.69. The topological polar surface area (TPSA) is 131 Å². The molecule has 0 N–H and O–H groups in total. The van der Waals surface area contributed by atoms with Crippen LogP contribution in [0.15, 0.2) is 42.5 Å². The maximum absolute atomic E-state index is 11.3. The Bertz CT molecular complexity index is 868. The van der Waals surface area contributed by atoms with E-state index in [1.807, 2.05) is 0 Å². The van der Waals surface area contributed by atoms with Gasteiger partial charge in [0.15, 0.2) is 11.5 Å². The number of rotatable bonds is 10. The minimum absolute atomic E-state index is 0.0356. The first-order valence-corrected chi connectivity index (χ1v) is 8.25. The molecule has 0 unspecified atom stereocenters. The Labute approximate surface area is 159 Å². The fraction of sp³-hybridized carbons (Fsp3) is 0.278. The normalized spacial score (nSPS) is 10.2. The number of nitrogens with zero attached hydrogens (tertiary/aromatic N) is 2. The monoisotopic (exact) mass is 390 g/mol. The van der Waals surface area contributed by atoms with Gasteiger partial charge in [-0.1, -0.05) is 18.2 Å². The number of carbonyl (C=O) groups excluding carboxylic acids is 1. The van der Waals surface area contributed by atoms with Gasteiger partial charge in [-0.3, -0.25) is 25.0 Å².